The number of nitrogens with one attached hydrogen (secondary N) is 1. The van der Waals surface area contributed by atoms with Crippen molar-refractivity contribution in [2.45, 2.75) is 19.9 Å². The normalized spacial score (nSPS) is 23.1. The molecule has 1 heterocycles. The Morgan fingerprint density at radius 1 is 1.69 bits per heavy atom. The van der Waals surface area contributed by atoms with Gasteiger partial charge in [0.1, 0.15) is 0 Å². The van der Waals surface area contributed by atoms with E-state index in [1.165, 1.54) is 19.8 Å². The van der Waals surface area contributed by atoms with E-state index in [1.54, 1.807) is 6.07 Å². The second kappa shape index (κ2) is 4.70. The van der Waals surface area contributed by atoms with Crippen molar-refractivity contribution in [3.8, 4) is 0 Å². The number of hydrogen-bond acceptors (Lipinski definition) is 4. The van der Waals surface area contributed by atoms with Crippen LogP contribution in [0.15, 0.2) is 16.7 Å². The molecular weight excluding hydrogens is 206 g/mol. The summed E-state index contributed by atoms with van der Waals surface area (Å²) in [4.78, 5) is 11.3. The Kier molecular flexibility index (Phi) is 3.29. The van der Waals surface area contributed by atoms with E-state index in [0.717, 1.165) is 23.9 Å². The van der Waals surface area contributed by atoms with E-state index in [4.69, 9.17) is 4.42 Å². The van der Waals surface area contributed by atoms with Gasteiger partial charge in [0, 0.05) is 12.1 Å². The maximum atomic E-state index is 11.3. The Morgan fingerprint density at radius 3 is 3.06 bits per heavy atom. The minimum Gasteiger partial charge on any atom is -0.463 e. The lowest BCUT2D eigenvalue weighted by Gasteiger charge is -2.03. The number of furan rings is 1. The summed E-state index contributed by atoms with van der Waals surface area (Å²) in [6.45, 7) is 3.92. The largest absolute Gasteiger partial charge is 0.463 e. The van der Waals surface area contributed by atoms with E-state index >= 15 is 0 Å². The van der Waals surface area contributed by atoms with Crippen LogP contribution in [-0.2, 0) is 11.3 Å². The fourth-order valence-corrected chi connectivity index (χ4v) is 1.82. The zero-order valence-corrected chi connectivity index (χ0v) is 9.66. The minimum atomic E-state index is -0.415. The summed E-state index contributed by atoms with van der Waals surface area (Å²) in [6, 6.07) is 1.80. The van der Waals surface area contributed by atoms with Crippen molar-refractivity contribution in [2.75, 3.05) is 13.7 Å². The third-order valence-electron chi connectivity index (χ3n) is 3.12. The standard InChI is InChI=1S/C12H17NO3/c1-8-5-10(8)7-13-6-9-3-4-16-11(9)12(14)15-2/h3-4,8,10,13H,5-7H2,1-2H3. The van der Waals surface area contributed by atoms with E-state index in [2.05, 4.69) is 17.0 Å². The smallest absolute Gasteiger partial charge is 0.374 e. The lowest BCUT2D eigenvalue weighted by atomic mass is 10.2. The zero-order chi connectivity index (χ0) is 11.5. The highest BCUT2D eigenvalue weighted by Gasteiger charge is 2.31. The molecule has 2 unspecified atom stereocenters. The molecule has 0 aliphatic heterocycles. The Hall–Kier alpha value is -1.29. The molecule has 0 aromatic carbocycles. The fourth-order valence-electron chi connectivity index (χ4n) is 1.82. The number of carbonyl (C=O) groups is 1. The van der Waals surface area contributed by atoms with Crippen LogP contribution in [-0.4, -0.2) is 19.6 Å². The van der Waals surface area contributed by atoms with Crippen LogP contribution in [0.1, 0.15) is 29.5 Å². The SMILES string of the molecule is COC(=O)c1occc1CNCC1CC1C. The Bertz CT molecular complexity index is 372. The van der Waals surface area contributed by atoms with Crippen molar-refractivity contribution < 1.29 is 13.9 Å². The van der Waals surface area contributed by atoms with E-state index < -0.39 is 5.97 Å². The summed E-state index contributed by atoms with van der Waals surface area (Å²) in [5, 5.41) is 3.33. The summed E-state index contributed by atoms with van der Waals surface area (Å²) < 4.78 is 9.73. The van der Waals surface area contributed by atoms with Crippen molar-refractivity contribution >= 4 is 5.97 Å². The van der Waals surface area contributed by atoms with Crippen LogP contribution >= 0.6 is 0 Å². The van der Waals surface area contributed by atoms with Gasteiger partial charge in [0.15, 0.2) is 0 Å². The number of esters is 1. The molecule has 4 heteroatoms. The van der Waals surface area contributed by atoms with Gasteiger partial charge in [-0.2, -0.15) is 0 Å². The van der Waals surface area contributed by atoms with E-state index in [9.17, 15) is 4.79 Å². The van der Waals surface area contributed by atoms with Gasteiger partial charge in [-0.1, -0.05) is 6.92 Å². The molecule has 88 valence electrons. The summed E-state index contributed by atoms with van der Waals surface area (Å²) >= 11 is 0. The Balaban J connectivity index is 1.84. The van der Waals surface area contributed by atoms with E-state index in [1.807, 2.05) is 0 Å². The molecule has 0 spiro atoms. The van der Waals surface area contributed by atoms with Gasteiger partial charge in [-0.15, -0.1) is 0 Å². The molecule has 1 aromatic rings. The lowest BCUT2D eigenvalue weighted by Crippen LogP contribution is -2.18. The highest BCUT2D eigenvalue weighted by molar-refractivity contribution is 5.87. The van der Waals surface area contributed by atoms with Crippen LogP contribution < -0.4 is 5.32 Å². The molecule has 1 aromatic heterocycles. The number of carbonyl (C=O) groups excluding carboxylic acids is 1. The molecule has 0 saturated heterocycles. The van der Waals surface area contributed by atoms with Crippen LogP contribution in [0.4, 0.5) is 0 Å². The first-order chi connectivity index (χ1) is 7.72. The van der Waals surface area contributed by atoms with Crippen LogP contribution in [0.2, 0.25) is 0 Å². The van der Waals surface area contributed by atoms with Crippen molar-refractivity contribution in [1.29, 1.82) is 0 Å². The number of methoxy groups -OCH3 is 1. The molecule has 16 heavy (non-hydrogen) atoms. The maximum Gasteiger partial charge on any atom is 0.374 e. The second-order valence-corrected chi connectivity index (χ2v) is 4.37. The zero-order valence-electron chi connectivity index (χ0n) is 9.66. The predicted octanol–water partition coefficient (Wildman–Crippen LogP) is 1.81. The first kappa shape index (κ1) is 11.2. The molecule has 1 aliphatic carbocycles. The molecule has 1 N–H and O–H groups in total. The number of rotatable bonds is 5. The Labute approximate surface area is 95.0 Å². The average molecular weight is 223 g/mol. The van der Waals surface area contributed by atoms with Crippen LogP contribution in [0.5, 0.6) is 0 Å². The van der Waals surface area contributed by atoms with Gasteiger partial charge in [-0.25, -0.2) is 4.79 Å². The maximum absolute atomic E-state index is 11.3. The molecule has 2 rings (SSSR count). The van der Waals surface area contributed by atoms with Gasteiger partial charge < -0.3 is 14.5 Å². The third-order valence-corrected chi connectivity index (χ3v) is 3.12. The van der Waals surface area contributed by atoms with Gasteiger partial charge in [-0.3, -0.25) is 0 Å². The lowest BCUT2D eigenvalue weighted by molar-refractivity contribution is 0.0563. The van der Waals surface area contributed by atoms with E-state index in [-0.39, 0.29) is 0 Å². The third kappa shape index (κ3) is 2.44. The predicted molar refractivity (Wildman–Crippen MR) is 59.0 cm³/mol. The second-order valence-electron chi connectivity index (χ2n) is 4.37. The molecule has 0 bridgehead atoms. The van der Waals surface area contributed by atoms with Crippen molar-refractivity contribution in [3.05, 3.63) is 23.7 Å². The number of hydrogen-bond donors (Lipinski definition) is 1. The minimum absolute atomic E-state index is 0.304. The quantitative estimate of drug-likeness (QED) is 0.773. The highest BCUT2D eigenvalue weighted by Crippen LogP contribution is 2.36. The van der Waals surface area contributed by atoms with Gasteiger partial charge >= 0.3 is 5.97 Å². The average Bonchev–Trinajstić information content (AvgIpc) is 2.80. The van der Waals surface area contributed by atoms with Crippen LogP contribution in [0.25, 0.3) is 0 Å². The van der Waals surface area contributed by atoms with Crippen LogP contribution in [0, 0.1) is 11.8 Å². The van der Waals surface area contributed by atoms with Crippen molar-refractivity contribution in [3.63, 3.8) is 0 Å². The first-order valence-corrected chi connectivity index (χ1v) is 5.57. The molecule has 4 nitrogen and oxygen atoms in total. The molecule has 1 fully saturated rings. The Morgan fingerprint density at radius 2 is 2.44 bits per heavy atom. The highest BCUT2D eigenvalue weighted by atomic mass is 16.5. The van der Waals surface area contributed by atoms with Gasteiger partial charge in [0.25, 0.3) is 0 Å². The summed E-state index contributed by atoms with van der Waals surface area (Å²) in [5.74, 6) is 1.53. The number of ether oxygens (including phenoxy) is 1. The summed E-state index contributed by atoms with van der Waals surface area (Å²) in [6.07, 6.45) is 2.82. The topological polar surface area (TPSA) is 51.5 Å². The van der Waals surface area contributed by atoms with Crippen LogP contribution in [0.3, 0.4) is 0 Å². The van der Waals surface area contributed by atoms with Crippen molar-refractivity contribution in [2.24, 2.45) is 11.8 Å². The van der Waals surface area contributed by atoms with E-state index in [0.29, 0.717) is 12.3 Å². The first-order valence-electron chi connectivity index (χ1n) is 5.57. The fraction of sp³-hybridized carbons (Fsp3) is 0.583. The molecule has 0 radical (unpaired) electrons. The summed E-state index contributed by atoms with van der Waals surface area (Å²) in [7, 11) is 1.36. The summed E-state index contributed by atoms with van der Waals surface area (Å²) in [5.41, 5.74) is 0.861. The monoisotopic (exact) mass is 223 g/mol. The molecule has 1 saturated carbocycles. The molecule has 0 amide bonds. The van der Waals surface area contributed by atoms with Gasteiger partial charge in [0.2, 0.25) is 5.76 Å². The molecule has 2 atom stereocenters. The van der Waals surface area contributed by atoms with Gasteiger partial charge in [-0.05, 0) is 30.9 Å². The van der Waals surface area contributed by atoms with Crippen molar-refractivity contribution in [1.82, 2.24) is 5.32 Å². The molecule has 1 aliphatic rings. The molecular formula is C12H17NO3. The van der Waals surface area contributed by atoms with Gasteiger partial charge in [0.05, 0.1) is 13.4 Å².